The molecule has 16 heavy (non-hydrogen) atoms. The van der Waals surface area contributed by atoms with E-state index in [1.807, 2.05) is 12.4 Å². The van der Waals surface area contributed by atoms with Gasteiger partial charge in [0, 0.05) is 38.2 Å². The number of hydrogen-bond acceptors (Lipinski definition) is 3. The van der Waals surface area contributed by atoms with Gasteiger partial charge in [-0.3, -0.25) is 0 Å². The van der Waals surface area contributed by atoms with Crippen LogP contribution in [0.1, 0.15) is 33.6 Å². The maximum Gasteiger partial charge on any atom is 0.202 e. The highest BCUT2D eigenvalue weighted by Gasteiger charge is 2.02. The van der Waals surface area contributed by atoms with Crippen molar-refractivity contribution < 1.29 is 4.74 Å². The van der Waals surface area contributed by atoms with Gasteiger partial charge in [0.1, 0.15) is 0 Å². The van der Waals surface area contributed by atoms with Crippen molar-refractivity contribution >= 4 is 5.95 Å². The van der Waals surface area contributed by atoms with Crippen LogP contribution >= 0.6 is 0 Å². The fraction of sp³-hybridized carbons (Fsp3) is 0.750. The van der Waals surface area contributed by atoms with E-state index in [4.69, 9.17) is 4.74 Å². The van der Waals surface area contributed by atoms with Crippen LogP contribution in [0.25, 0.3) is 0 Å². The summed E-state index contributed by atoms with van der Waals surface area (Å²) in [6.45, 7) is 9.00. The van der Waals surface area contributed by atoms with Gasteiger partial charge < -0.3 is 14.6 Å². The zero-order valence-electron chi connectivity index (χ0n) is 10.6. The zero-order chi connectivity index (χ0) is 11.8. The number of aromatic nitrogens is 2. The second-order valence-electron chi connectivity index (χ2n) is 4.21. The smallest absolute Gasteiger partial charge is 0.202 e. The molecule has 0 amide bonds. The van der Waals surface area contributed by atoms with E-state index in [-0.39, 0.29) is 0 Å². The second kappa shape index (κ2) is 7.28. The summed E-state index contributed by atoms with van der Waals surface area (Å²) in [6, 6.07) is 0.414. The molecule has 0 radical (unpaired) electrons. The van der Waals surface area contributed by atoms with E-state index in [0.29, 0.717) is 6.04 Å². The Morgan fingerprint density at radius 1 is 1.44 bits per heavy atom. The Balaban J connectivity index is 2.27. The van der Waals surface area contributed by atoms with Crippen molar-refractivity contribution in [3.63, 3.8) is 0 Å². The van der Waals surface area contributed by atoms with Crippen molar-refractivity contribution in [2.45, 2.75) is 46.2 Å². The van der Waals surface area contributed by atoms with Crippen LogP contribution in [0.3, 0.4) is 0 Å². The zero-order valence-corrected chi connectivity index (χ0v) is 10.6. The molecule has 0 saturated heterocycles. The Morgan fingerprint density at radius 2 is 2.25 bits per heavy atom. The van der Waals surface area contributed by atoms with Gasteiger partial charge >= 0.3 is 0 Å². The fourth-order valence-electron chi connectivity index (χ4n) is 1.47. The third kappa shape index (κ3) is 4.66. The molecule has 0 aliphatic rings. The van der Waals surface area contributed by atoms with Gasteiger partial charge in [0.2, 0.25) is 5.95 Å². The second-order valence-corrected chi connectivity index (χ2v) is 4.21. The van der Waals surface area contributed by atoms with Gasteiger partial charge in [-0.2, -0.15) is 0 Å². The highest BCUT2D eigenvalue weighted by Crippen LogP contribution is 2.06. The minimum Gasteiger partial charge on any atom is -0.381 e. The van der Waals surface area contributed by atoms with Gasteiger partial charge in [0.05, 0.1) is 0 Å². The highest BCUT2D eigenvalue weighted by molar-refractivity contribution is 5.26. The lowest BCUT2D eigenvalue weighted by molar-refractivity contribution is 0.129. The molecule has 0 fully saturated rings. The number of nitrogens with one attached hydrogen (secondary N) is 1. The largest absolute Gasteiger partial charge is 0.381 e. The summed E-state index contributed by atoms with van der Waals surface area (Å²) in [4.78, 5) is 4.28. The summed E-state index contributed by atoms with van der Waals surface area (Å²) in [5.41, 5.74) is 0. The first kappa shape index (κ1) is 13.0. The Bertz CT molecular complexity index is 284. The molecule has 1 heterocycles. The van der Waals surface area contributed by atoms with Crippen molar-refractivity contribution in [2.24, 2.45) is 0 Å². The van der Waals surface area contributed by atoms with Crippen molar-refractivity contribution in [1.82, 2.24) is 9.55 Å². The molecule has 4 nitrogen and oxygen atoms in total. The molecule has 0 atom stereocenters. The minimum absolute atomic E-state index is 0.414. The molecule has 0 saturated carbocycles. The highest BCUT2D eigenvalue weighted by atomic mass is 16.5. The molecule has 92 valence electrons. The van der Waals surface area contributed by atoms with Crippen LogP contribution in [0.2, 0.25) is 0 Å². The van der Waals surface area contributed by atoms with Crippen molar-refractivity contribution in [3.05, 3.63) is 12.4 Å². The van der Waals surface area contributed by atoms with E-state index in [2.05, 4.69) is 35.6 Å². The van der Waals surface area contributed by atoms with Crippen molar-refractivity contribution in [2.75, 3.05) is 18.5 Å². The maximum absolute atomic E-state index is 5.45. The van der Waals surface area contributed by atoms with Crippen LogP contribution < -0.4 is 5.32 Å². The van der Waals surface area contributed by atoms with Gasteiger partial charge in [-0.1, -0.05) is 6.92 Å². The SMILES string of the molecule is CCCOCCCn1ccnc1NC(C)C. The third-order valence-corrected chi connectivity index (χ3v) is 2.17. The van der Waals surface area contributed by atoms with E-state index in [0.717, 1.165) is 38.5 Å². The van der Waals surface area contributed by atoms with Gasteiger partial charge in [0.15, 0.2) is 0 Å². The van der Waals surface area contributed by atoms with Crippen LogP contribution in [-0.2, 0) is 11.3 Å². The first-order valence-electron chi connectivity index (χ1n) is 6.09. The molecule has 0 bridgehead atoms. The topological polar surface area (TPSA) is 39.1 Å². The number of imidazole rings is 1. The normalized spacial score (nSPS) is 11.0. The Labute approximate surface area is 98.0 Å². The predicted molar refractivity (Wildman–Crippen MR) is 66.7 cm³/mol. The Morgan fingerprint density at radius 3 is 2.94 bits per heavy atom. The van der Waals surface area contributed by atoms with Crippen molar-refractivity contribution in [3.8, 4) is 0 Å². The van der Waals surface area contributed by atoms with E-state index in [1.165, 1.54) is 0 Å². The summed E-state index contributed by atoms with van der Waals surface area (Å²) < 4.78 is 7.58. The van der Waals surface area contributed by atoms with Crippen LogP contribution in [0.4, 0.5) is 5.95 Å². The third-order valence-electron chi connectivity index (χ3n) is 2.17. The lowest BCUT2D eigenvalue weighted by Crippen LogP contribution is -2.15. The average molecular weight is 225 g/mol. The maximum atomic E-state index is 5.45. The van der Waals surface area contributed by atoms with E-state index in [9.17, 15) is 0 Å². The van der Waals surface area contributed by atoms with E-state index < -0.39 is 0 Å². The molecular formula is C12H23N3O. The number of ether oxygens (including phenoxy) is 1. The van der Waals surface area contributed by atoms with Gasteiger partial charge in [-0.05, 0) is 26.7 Å². The number of aryl methyl sites for hydroxylation is 1. The molecule has 1 N–H and O–H groups in total. The predicted octanol–water partition coefficient (Wildman–Crippen LogP) is 2.52. The standard InChI is InChI=1S/C12H23N3O/c1-4-9-16-10-5-7-15-8-6-13-12(15)14-11(2)3/h6,8,11H,4-5,7,9-10H2,1-3H3,(H,13,14). The van der Waals surface area contributed by atoms with Crippen LogP contribution in [0.15, 0.2) is 12.4 Å². The molecule has 0 aromatic carbocycles. The minimum atomic E-state index is 0.414. The van der Waals surface area contributed by atoms with Crippen LogP contribution in [-0.4, -0.2) is 28.8 Å². The first-order valence-corrected chi connectivity index (χ1v) is 6.09. The summed E-state index contributed by atoms with van der Waals surface area (Å²) in [5, 5.41) is 3.32. The molecule has 1 aromatic heterocycles. The number of hydrogen-bond donors (Lipinski definition) is 1. The Hall–Kier alpha value is -1.03. The van der Waals surface area contributed by atoms with Crippen LogP contribution in [0, 0.1) is 0 Å². The fourth-order valence-corrected chi connectivity index (χ4v) is 1.47. The van der Waals surface area contributed by atoms with Crippen LogP contribution in [0.5, 0.6) is 0 Å². The summed E-state index contributed by atoms with van der Waals surface area (Å²) in [7, 11) is 0. The summed E-state index contributed by atoms with van der Waals surface area (Å²) >= 11 is 0. The lowest BCUT2D eigenvalue weighted by atomic mass is 10.4. The van der Waals surface area contributed by atoms with E-state index in [1.54, 1.807) is 0 Å². The molecule has 4 heteroatoms. The van der Waals surface area contributed by atoms with Gasteiger partial charge in [-0.25, -0.2) is 4.98 Å². The molecular weight excluding hydrogens is 202 g/mol. The number of nitrogens with zero attached hydrogens (tertiary/aromatic N) is 2. The van der Waals surface area contributed by atoms with E-state index >= 15 is 0 Å². The quantitative estimate of drug-likeness (QED) is 0.691. The average Bonchev–Trinajstić information content (AvgIpc) is 2.64. The lowest BCUT2D eigenvalue weighted by Gasteiger charge is -2.12. The molecule has 0 unspecified atom stereocenters. The van der Waals surface area contributed by atoms with Crippen molar-refractivity contribution in [1.29, 1.82) is 0 Å². The van der Waals surface area contributed by atoms with Gasteiger partial charge in [0.25, 0.3) is 0 Å². The first-order chi connectivity index (χ1) is 7.74. The Kier molecular flexibility index (Phi) is 5.93. The monoisotopic (exact) mass is 225 g/mol. The summed E-state index contributed by atoms with van der Waals surface area (Å²) in [5.74, 6) is 0.950. The summed E-state index contributed by atoms with van der Waals surface area (Å²) in [6.07, 6.45) is 5.95. The molecule has 0 spiro atoms. The molecule has 1 aromatic rings. The number of rotatable bonds is 8. The molecule has 0 aliphatic heterocycles. The molecule has 1 rings (SSSR count). The number of anilines is 1. The van der Waals surface area contributed by atoms with Gasteiger partial charge in [-0.15, -0.1) is 0 Å². The molecule has 0 aliphatic carbocycles.